The Kier molecular flexibility index (Phi) is 3.43. The molecule has 19 heavy (non-hydrogen) atoms. The molecule has 96 valence electrons. The number of aryl methyl sites for hydroxylation is 1. The average molecular weight is 311 g/mol. The van der Waals surface area contributed by atoms with Gasteiger partial charge in [-0.2, -0.15) is 0 Å². The number of benzene rings is 1. The van der Waals surface area contributed by atoms with Crippen molar-refractivity contribution in [2.45, 2.75) is 16.8 Å². The van der Waals surface area contributed by atoms with Gasteiger partial charge in [-0.15, -0.1) is 11.3 Å². The van der Waals surface area contributed by atoms with Crippen LogP contribution in [0.15, 0.2) is 40.3 Å². The molecule has 6 heteroatoms. The predicted octanol–water partition coefficient (Wildman–Crippen LogP) is 4.94. The predicted molar refractivity (Wildman–Crippen MR) is 77.7 cm³/mol. The molecule has 0 saturated heterocycles. The van der Waals surface area contributed by atoms with Gasteiger partial charge < -0.3 is 0 Å². The summed E-state index contributed by atoms with van der Waals surface area (Å²) in [6.07, 6.45) is 0. The van der Waals surface area contributed by atoms with Gasteiger partial charge in [0.05, 0.1) is 0 Å². The first-order valence-electron chi connectivity index (χ1n) is 5.49. The largest absolute Gasteiger partial charge is 0.224 e. The van der Waals surface area contributed by atoms with Crippen molar-refractivity contribution in [2.75, 3.05) is 0 Å². The summed E-state index contributed by atoms with van der Waals surface area (Å²) in [5, 5.41) is 1.93. The van der Waals surface area contributed by atoms with Crippen molar-refractivity contribution >= 4 is 44.9 Å². The first kappa shape index (κ1) is 12.8. The summed E-state index contributed by atoms with van der Waals surface area (Å²) in [6.45, 7) is 2.01. The molecule has 0 radical (unpaired) electrons. The molecule has 1 aromatic carbocycles. The van der Waals surface area contributed by atoms with E-state index in [9.17, 15) is 4.39 Å². The molecule has 2 aromatic heterocycles. The fourth-order valence-electron chi connectivity index (χ4n) is 1.71. The van der Waals surface area contributed by atoms with Gasteiger partial charge in [0.2, 0.25) is 5.28 Å². The maximum atomic E-state index is 13.2. The number of hydrogen-bond donors (Lipinski definition) is 0. The average Bonchev–Trinajstić information content (AvgIpc) is 2.69. The number of nitrogens with zero attached hydrogens (tertiary/aromatic N) is 2. The van der Waals surface area contributed by atoms with Crippen LogP contribution < -0.4 is 0 Å². The smallest absolute Gasteiger partial charge is 0.210 e. The molecule has 0 spiro atoms. The number of thiophene rings is 1. The lowest BCUT2D eigenvalue weighted by atomic mass is 10.3. The number of hydrogen-bond acceptors (Lipinski definition) is 4. The van der Waals surface area contributed by atoms with Crippen LogP contribution in [0.2, 0.25) is 5.28 Å². The fourth-order valence-corrected chi connectivity index (χ4v) is 3.86. The highest BCUT2D eigenvalue weighted by Crippen LogP contribution is 2.35. The minimum absolute atomic E-state index is 0.216. The Morgan fingerprint density at radius 2 is 2.11 bits per heavy atom. The Morgan fingerprint density at radius 3 is 2.89 bits per heavy atom. The maximum Gasteiger partial charge on any atom is 0.224 e. The molecule has 2 nitrogen and oxygen atoms in total. The van der Waals surface area contributed by atoms with Crippen molar-refractivity contribution in [3.63, 3.8) is 0 Å². The van der Waals surface area contributed by atoms with Gasteiger partial charge in [-0.25, -0.2) is 14.4 Å². The van der Waals surface area contributed by atoms with Crippen molar-refractivity contribution in [1.29, 1.82) is 0 Å². The third-order valence-corrected chi connectivity index (χ3v) is 4.57. The molecule has 0 amide bonds. The second-order valence-electron chi connectivity index (χ2n) is 3.93. The normalized spacial score (nSPS) is 11.1. The van der Waals surface area contributed by atoms with E-state index in [0.717, 1.165) is 25.0 Å². The molecule has 0 atom stereocenters. The summed E-state index contributed by atoms with van der Waals surface area (Å²) in [6, 6.07) is 8.44. The Morgan fingerprint density at radius 1 is 1.26 bits per heavy atom. The monoisotopic (exact) mass is 310 g/mol. The number of aromatic nitrogens is 2. The highest BCUT2D eigenvalue weighted by Gasteiger charge is 2.11. The van der Waals surface area contributed by atoms with Crippen molar-refractivity contribution in [2.24, 2.45) is 0 Å². The first-order valence-corrected chi connectivity index (χ1v) is 7.50. The topological polar surface area (TPSA) is 25.8 Å². The first-order chi connectivity index (χ1) is 9.11. The van der Waals surface area contributed by atoms with Crippen LogP contribution in [0.3, 0.4) is 0 Å². The van der Waals surface area contributed by atoms with E-state index in [-0.39, 0.29) is 11.1 Å². The highest BCUT2D eigenvalue weighted by atomic mass is 35.5. The summed E-state index contributed by atoms with van der Waals surface area (Å²) in [7, 11) is 0. The summed E-state index contributed by atoms with van der Waals surface area (Å²) in [5.41, 5.74) is 0. The van der Waals surface area contributed by atoms with Crippen molar-refractivity contribution in [3.05, 3.63) is 46.3 Å². The lowest BCUT2D eigenvalue weighted by molar-refractivity contribution is 0.624. The van der Waals surface area contributed by atoms with Crippen LogP contribution >= 0.6 is 34.7 Å². The van der Waals surface area contributed by atoms with Crippen LogP contribution in [0.25, 0.3) is 10.2 Å². The zero-order chi connectivity index (χ0) is 13.4. The maximum absolute atomic E-state index is 13.2. The van der Waals surface area contributed by atoms with E-state index in [1.54, 1.807) is 17.4 Å². The molecule has 2 heterocycles. The van der Waals surface area contributed by atoms with E-state index in [4.69, 9.17) is 11.6 Å². The van der Waals surface area contributed by atoms with Crippen LogP contribution in [0.1, 0.15) is 4.88 Å². The molecule has 3 aromatic rings. The third-order valence-electron chi connectivity index (χ3n) is 2.46. The third kappa shape index (κ3) is 2.73. The van der Waals surface area contributed by atoms with Crippen LogP contribution in [-0.2, 0) is 0 Å². The second kappa shape index (κ2) is 5.07. The van der Waals surface area contributed by atoms with Gasteiger partial charge in [-0.3, -0.25) is 0 Å². The number of halogens is 2. The zero-order valence-corrected chi connectivity index (χ0v) is 12.2. The van der Waals surface area contributed by atoms with E-state index in [0.29, 0.717) is 0 Å². The van der Waals surface area contributed by atoms with Gasteiger partial charge in [0.15, 0.2) is 0 Å². The van der Waals surface area contributed by atoms with Gasteiger partial charge in [0, 0.05) is 15.2 Å². The van der Waals surface area contributed by atoms with Crippen molar-refractivity contribution < 1.29 is 4.39 Å². The summed E-state index contributed by atoms with van der Waals surface area (Å²) < 4.78 is 13.2. The molecule has 0 aliphatic rings. The second-order valence-corrected chi connectivity index (χ2v) is 6.57. The van der Waals surface area contributed by atoms with E-state index in [1.807, 2.05) is 19.1 Å². The van der Waals surface area contributed by atoms with Crippen LogP contribution in [0.4, 0.5) is 4.39 Å². The SMILES string of the molecule is Cc1cc2c(Sc3cccc(F)c3)nc(Cl)nc2s1. The fraction of sp³-hybridized carbons (Fsp3) is 0.0769. The minimum Gasteiger partial charge on any atom is -0.210 e. The van der Waals surface area contributed by atoms with Crippen molar-refractivity contribution in [3.8, 4) is 0 Å². The number of rotatable bonds is 2. The highest BCUT2D eigenvalue weighted by molar-refractivity contribution is 7.99. The molecule has 0 fully saturated rings. The van der Waals surface area contributed by atoms with Crippen molar-refractivity contribution in [1.82, 2.24) is 9.97 Å². The molecular weight excluding hydrogens is 303 g/mol. The zero-order valence-electron chi connectivity index (χ0n) is 9.85. The molecule has 0 bridgehead atoms. The lowest BCUT2D eigenvalue weighted by Gasteiger charge is -2.03. The standard InChI is InChI=1S/C13H8ClFN2S2/c1-7-5-10-11(18-7)16-13(14)17-12(10)19-9-4-2-3-8(15)6-9/h2-6H,1H3. The van der Waals surface area contributed by atoms with Crippen LogP contribution in [0.5, 0.6) is 0 Å². The van der Waals surface area contributed by atoms with Gasteiger partial charge in [-0.1, -0.05) is 17.8 Å². The molecule has 0 aliphatic carbocycles. The van der Waals surface area contributed by atoms with E-state index in [1.165, 1.54) is 23.9 Å². The van der Waals surface area contributed by atoms with Crippen LogP contribution in [0, 0.1) is 12.7 Å². The Labute approximate surface area is 122 Å². The molecule has 0 saturated carbocycles. The van der Waals surface area contributed by atoms with E-state index >= 15 is 0 Å². The molecule has 0 aliphatic heterocycles. The summed E-state index contributed by atoms with van der Waals surface area (Å²) in [5.74, 6) is -0.261. The van der Waals surface area contributed by atoms with E-state index < -0.39 is 0 Å². The van der Waals surface area contributed by atoms with Gasteiger partial charge >= 0.3 is 0 Å². The lowest BCUT2D eigenvalue weighted by Crippen LogP contribution is -1.86. The Hall–Kier alpha value is -1.17. The van der Waals surface area contributed by atoms with Gasteiger partial charge in [0.25, 0.3) is 0 Å². The van der Waals surface area contributed by atoms with E-state index in [2.05, 4.69) is 9.97 Å². The summed E-state index contributed by atoms with van der Waals surface area (Å²) >= 11 is 8.89. The van der Waals surface area contributed by atoms with Gasteiger partial charge in [0.1, 0.15) is 15.7 Å². The van der Waals surface area contributed by atoms with Gasteiger partial charge in [-0.05, 0) is 42.8 Å². The molecule has 3 rings (SSSR count). The molecule has 0 unspecified atom stereocenters. The minimum atomic E-state index is -0.261. The number of fused-ring (bicyclic) bond motifs is 1. The quantitative estimate of drug-likeness (QED) is 0.495. The summed E-state index contributed by atoms with van der Waals surface area (Å²) in [4.78, 5) is 11.2. The molecular formula is C13H8ClFN2S2. The van der Waals surface area contributed by atoms with Crippen LogP contribution in [-0.4, -0.2) is 9.97 Å². The Balaban J connectivity index is 2.09. The Bertz CT molecular complexity index is 757. The molecule has 0 N–H and O–H groups in total.